The predicted octanol–water partition coefficient (Wildman–Crippen LogP) is 3.97. The molecule has 0 aliphatic heterocycles. The monoisotopic (exact) mass is 354 g/mol. The van der Waals surface area contributed by atoms with Crippen molar-refractivity contribution in [3.63, 3.8) is 0 Å². The lowest BCUT2D eigenvalue weighted by molar-refractivity contribution is 0.404. The highest BCUT2D eigenvalue weighted by molar-refractivity contribution is 9.10. The van der Waals surface area contributed by atoms with E-state index in [1.807, 2.05) is 31.2 Å². The number of hydrogen-bond donors (Lipinski definition) is 2. The van der Waals surface area contributed by atoms with Crippen LogP contribution in [0.25, 0.3) is 0 Å². The van der Waals surface area contributed by atoms with Crippen molar-refractivity contribution < 1.29 is 4.74 Å². The lowest BCUT2D eigenvalue weighted by Gasteiger charge is -2.21. The van der Waals surface area contributed by atoms with Crippen molar-refractivity contribution in [3.8, 4) is 5.75 Å². The maximum atomic E-state index is 6.10. The minimum atomic E-state index is -0.184. The van der Waals surface area contributed by atoms with Gasteiger partial charge in [0.15, 0.2) is 0 Å². The molecule has 1 unspecified atom stereocenters. The molecule has 2 aromatic carbocycles. The van der Waals surface area contributed by atoms with Crippen LogP contribution in [0.15, 0.2) is 40.9 Å². The molecule has 0 bridgehead atoms. The van der Waals surface area contributed by atoms with Gasteiger partial charge in [-0.05, 0) is 48.4 Å². The number of aryl methyl sites for hydroxylation is 1. The van der Waals surface area contributed by atoms with Gasteiger partial charge in [0.1, 0.15) is 5.75 Å². The Morgan fingerprint density at radius 1 is 1.20 bits per heavy atom. The molecule has 0 saturated carbocycles. The van der Waals surface area contributed by atoms with Crippen LogP contribution in [-0.4, -0.2) is 7.11 Å². The third kappa shape index (κ3) is 3.15. The fourth-order valence-corrected chi connectivity index (χ4v) is 2.90. The van der Waals surface area contributed by atoms with E-state index < -0.39 is 0 Å². The van der Waals surface area contributed by atoms with Crippen LogP contribution >= 0.6 is 27.5 Å². The summed E-state index contributed by atoms with van der Waals surface area (Å²) in [5.74, 6) is 6.51. The summed E-state index contributed by atoms with van der Waals surface area (Å²) in [5, 5.41) is 0.649. The molecular weight excluding hydrogens is 340 g/mol. The third-order valence-electron chi connectivity index (χ3n) is 3.21. The maximum Gasteiger partial charge on any atom is 0.124 e. The molecule has 0 aliphatic rings. The summed E-state index contributed by atoms with van der Waals surface area (Å²) in [6, 6.07) is 11.4. The van der Waals surface area contributed by atoms with Crippen molar-refractivity contribution in [1.29, 1.82) is 0 Å². The van der Waals surface area contributed by atoms with Gasteiger partial charge in [-0.15, -0.1) is 0 Å². The summed E-state index contributed by atoms with van der Waals surface area (Å²) in [6.45, 7) is 2.04. The second-order valence-corrected chi connectivity index (χ2v) is 5.84. The van der Waals surface area contributed by atoms with E-state index >= 15 is 0 Å². The average molecular weight is 356 g/mol. The van der Waals surface area contributed by atoms with Gasteiger partial charge < -0.3 is 4.74 Å². The lowest BCUT2D eigenvalue weighted by Crippen LogP contribution is -2.29. The van der Waals surface area contributed by atoms with Crippen LogP contribution in [-0.2, 0) is 0 Å². The van der Waals surface area contributed by atoms with Crippen LogP contribution in [0.3, 0.4) is 0 Å². The van der Waals surface area contributed by atoms with E-state index in [2.05, 4.69) is 27.4 Å². The maximum absolute atomic E-state index is 6.10. The molecule has 2 rings (SSSR count). The molecule has 0 saturated heterocycles. The van der Waals surface area contributed by atoms with Crippen molar-refractivity contribution in [1.82, 2.24) is 5.43 Å². The molecule has 20 heavy (non-hydrogen) atoms. The number of nitrogens with two attached hydrogens (primary N) is 1. The number of ether oxygens (including phenoxy) is 1. The van der Waals surface area contributed by atoms with Gasteiger partial charge in [-0.1, -0.05) is 33.6 Å². The zero-order valence-corrected chi connectivity index (χ0v) is 13.6. The average Bonchev–Trinajstić information content (AvgIpc) is 2.42. The standard InChI is InChI=1S/C15H16BrClN2O/c1-9-7-10(16)3-5-12(9)15(19-18)13-8-11(17)4-6-14(13)20-2/h3-8,15,19H,18H2,1-2H3. The zero-order valence-electron chi connectivity index (χ0n) is 11.3. The molecule has 0 amide bonds. The summed E-state index contributed by atoms with van der Waals surface area (Å²) in [7, 11) is 1.63. The first-order valence-electron chi connectivity index (χ1n) is 6.12. The van der Waals surface area contributed by atoms with Crippen molar-refractivity contribution in [3.05, 3.63) is 62.6 Å². The van der Waals surface area contributed by atoms with Gasteiger partial charge in [-0.25, -0.2) is 5.43 Å². The topological polar surface area (TPSA) is 47.3 Å². The second kappa shape index (κ2) is 6.59. The van der Waals surface area contributed by atoms with Gasteiger partial charge in [0.25, 0.3) is 0 Å². The van der Waals surface area contributed by atoms with Crippen molar-refractivity contribution >= 4 is 27.5 Å². The van der Waals surface area contributed by atoms with Gasteiger partial charge in [-0.3, -0.25) is 5.84 Å². The Morgan fingerprint density at radius 2 is 1.95 bits per heavy atom. The molecule has 3 nitrogen and oxygen atoms in total. The highest BCUT2D eigenvalue weighted by Crippen LogP contribution is 2.33. The van der Waals surface area contributed by atoms with E-state index in [-0.39, 0.29) is 6.04 Å². The van der Waals surface area contributed by atoms with Crippen LogP contribution in [0.4, 0.5) is 0 Å². The Balaban J connectivity index is 2.54. The van der Waals surface area contributed by atoms with Crippen LogP contribution in [0, 0.1) is 6.92 Å². The highest BCUT2D eigenvalue weighted by Gasteiger charge is 2.19. The molecule has 0 fully saturated rings. The number of nitrogens with one attached hydrogen (secondary N) is 1. The van der Waals surface area contributed by atoms with Crippen molar-refractivity contribution in [2.24, 2.45) is 5.84 Å². The van der Waals surface area contributed by atoms with E-state index in [1.54, 1.807) is 13.2 Å². The summed E-state index contributed by atoms with van der Waals surface area (Å²) < 4.78 is 6.44. The number of halogens is 2. The first-order valence-corrected chi connectivity index (χ1v) is 7.29. The molecule has 0 aromatic heterocycles. The van der Waals surface area contributed by atoms with E-state index in [4.69, 9.17) is 22.2 Å². The fraction of sp³-hybridized carbons (Fsp3) is 0.200. The van der Waals surface area contributed by atoms with Crippen molar-refractivity contribution in [2.75, 3.05) is 7.11 Å². The van der Waals surface area contributed by atoms with Crippen LogP contribution in [0.2, 0.25) is 5.02 Å². The van der Waals surface area contributed by atoms with Crippen molar-refractivity contribution in [2.45, 2.75) is 13.0 Å². The van der Waals surface area contributed by atoms with E-state index in [0.29, 0.717) is 5.02 Å². The summed E-state index contributed by atoms with van der Waals surface area (Å²) >= 11 is 9.56. The molecule has 2 aromatic rings. The molecule has 1 atom stereocenters. The fourth-order valence-electron chi connectivity index (χ4n) is 2.24. The van der Waals surface area contributed by atoms with E-state index in [0.717, 1.165) is 26.9 Å². The number of methoxy groups -OCH3 is 1. The Labute approximate surface area is 132 Å². The highest BCUT2D eigenvalue weighted by atomic mass is 79.9. The Bertz CT molecular complexity index is 619. The smallest absolute Gasteiger partial charge is 0.124 e. The quantitative estimate of drug-likeness (QED) is 0.644. The first kappa shape index (κ1) is 15.3. The molecule has 3 N–H and O–H groups in total. The molecule has 0 aliphatic carbocycles. The number of hydrogen-bond acceptors (Lipinski definition) is 3. The zero-order chi connectivity index (χ0) is 14.7. The summed E-state index contributed by atoms with van der Waals surface area (Å²) in [6.07, 6.45) is 0. The van der Waals surface area contributed by atoms with Gasteiger partial charge in [0, 0.05) is 15.1 Å². The lowest BCUT2D eigenvalue weighted by atomic mass is 9.95. The van der Waals surface area contributed by atoms with Gasteiger partial charge in [-0.2, -0.15) is 0 Å². The van der Waals surface area contributed by atoms with Gasteiger partial charge >= 0.3 is 0 Å². The molecule has 106 valence electrons. The molecule has 0 heterocycles. The molecule has 0 spiro atoms. The van der Waals surface area contributed by atoms with E-state index in [1.165, 1.54) is 0 Å². The number of benzene rings is 2. The SMILES string of the molecule is COc1ccc(Cl)cc1C(NN)c1ccc(Br)cc1C. The number of rotatable bonds is 4. The third-order valence-corrected chi connectivity index (χ3v) is 3.94. The molecule has 0 radical (unpaired) electrons. The molecular formula is C15H16BrClN2O. The first-order chi connectivity index (χ1) is 9.56. The van der Waals surface area contributed by atoms with Gasteiger partial charge in [0.05, 0.1) is 13.2 Å². The second-order valence-electron chi connectivity index (χ2n) is 4.49. The summed E-state index contributed by atoms with van der Waals surface area (Å²) in [5.41, 5.74) is 5.96. The van der Waals surface area contributed by atoms with Crippen LogP contribution in [0.5, 0.6) is 5.75 Å². The number of hydrazine groups is 1. The Hall–Kier alpha value is -1.07. The van der Waals surface area contributed by atoms with Crippen LogP contribution in [0.1, 0.15) is 22.7 Å². The van der Waals surface area contributed by atoms with Crippen LogP contribution < -0.4 is 16.0 Å². The predicted molar refractivity (Wildman–Crippen MR) is 86.0 cm³/mol. The normalized spacial score (nSPS) is 12.2. The minimum absolute atomic E-state index is 0.184. The summed E-state index contributed by atoms with van der Waals surface area (Å²) in [4.78, 5) is 0. The largest absolute Gasteiger partial charge is 0.496 e. The van der Waals surface area contributed by atoms with E-state index in [9.17, 15) is 0 Å². The Morgan fingerprint density at radius 3 is 2.55 bits per heavy atom. The minimum Gasteiger partial charge on any atom is -0.496 e. The molecule has 5 heteroatoms. The van der Waals surface area contributed by atoms with Gasteiger partial charge in [0.2, 0.25) is 0 Å². The Kier molecular flexibility index (Phi) is 5.05.